The quantitative estimate of drug-likeness (QED) is 0.543. The minimum atomic E-state index is -2.47. The van der Waals surface area contributed by atoms with E-state index in [2.05, 4.69) is 9.47 Å². The summed E-state index contributed by atoms with van der Waals surface area (Å²) in [6, 6.07) is 7.71. The van der Waals surface area contributed by atoms with E-state index in [4.69, 9.17) is 5.73 Å². The topological polar surface area (TPSA) is 98.9 Å². The van der Waals surface area contributed by atoms with Crippen molar-refractivity contribution in [2.45, 2.75) is 5.79 Å². The number of methoxy groups -OCH3 is 1. The Balaban J connectivity index is 3.11. The lowest BCUT2D eigenvalue weighted by Gasteiger charge is -2.24. The molecule has 0 fully saturated rings. The Kier molecular flexibility index (Phi) is 4.19. The highest BCUT2D eigenvalue weighted by molar-refractivity contribution is 5.83. The van der Waals surface area contributed by atoms with Crippen LogP contribution in [0.15, 0.2) is 30.3 Å². The zero-order valence-electron chi connectivity index (χ0n) is 9.25. The highest BCUT2D eigenvalue weighted by Crippen LogP contribution is 2.24. The Morgan fingerprint density at radius 2 is 1.94 bits per heavy atom. The smallest absolute Gasteiger partial charge is 0.384 e. The summed E-state index contributed by atoms with van der Waals surface area (Å²) in [4.78, 5) is 22.6. The lowest BCUT2D eigenvalue weighted by atomic mass is 10.1. The number of benzene rings is 1. The van der Waals surface area contributed by atoms with Gasteiger partial charge in [0.15, 0.2) is 0 Å². The van der Waals surface area contributed by atoms with Crippen LogP contribution in [0.2, 0.25) is 0 Å². The molecule has 1 aromatic rings. The monoisotopic (exact) mass is 239 g/mol. The molecule has 6 nitrogen and oxygen atoms in total. The van der Waals surface area contributed by atoms with E-state index in [0.717, 1.165) is 7.11 Å². The molecule has 0 aromatic heterocycles. The van der Waals surface area contributed by atoms with E-state index >= 15 is 0 Å². The van der Waals surface area contributed by atoms with Crippen LogP contribution in [0.1, 0.15) is 5.56 Å². The van der Waals surface area contributed by atoms with Gasteiger partial charge in [0.25, 0.3) is 0 Å². The van der Waals surface area contributed by atoms with Crippen molar-refractivity contribution in [3.8, 4) is 0 Å². The second-order valence-electron chi connectivity index (χ2n) is 3.18. The fraction of sp³-hybridized carbons (Fsp3) is 0.273. The third-order valence-corrected chi connectivity index (χ3v) is 2.06. The van der Waals surface area contributed by atoms with Crippen molar-refractivity contribution < 1.29 is 24.2 Å². The average Bonchev–Trinajstić information content (AvgIpc) is 2.38. The van der Waals surface area contributed by atoms with Crippen LogP contribution in [0.4, 0.5) is 0 Å². The Bertz CT molecular complexity index is 406. The summed E-state index contributed by atoms with van der Waals surface area (Å²) in [6.07, 6.45) is 0. The molecule has 92 valence electrons. The van der Waals surface area contributed by atoms with Crippen LogP contribution in [0, 0.1) is 0 Å². The van der Waals surface area contributed by atoms with Gasteiger partial charge in [0.1, 0.15) is 0 Å². The maximum absolute atomic E-state index is 11.5. The number of ether oxygens (including phenoxy) is 2. The fourth-order valence-electron chi connectivity index (χ4n) is 1.23. The first-order chi connectivity index (χ1) is 8.04. The number of nitrogens with two attached hydrogens (primary N) is 1. The van der Waals surface area contributed by atoms with Crippen LogP contribution in [-0.4, -0.2) is 30.7 Å². The molecule has 17 heavy (non-hydrogen) atoms. The van der Waals surface area contributed by atoms with E-state index in [1.807, 2.05) is 0 Å². The minimum absolute atomic E-state index is 0.0913. The van der Waals surface area contributed by atoms with Crippen molar-refractivity contribution in [2.75, 3.05) is 13.7 Å². The zero-order valence-corrected chi connectivity index (χ0v) is 9.25. The number of hydrogen-bond acceptors (Lipinski definition) is 6. The van der Waals surface area contributed by atoms with E-state index in [0.29, 0.717) is 0 Å². The standard InChI is InChI=1S/C11H13NO5/c1-16-10(14)11(15,17-9(13)7-12)8-5-3-2-4-6-8/h2-6,15H,7,12H2,1H3. The lowest BCUT2D eigenvalue weighted by Crippen LogP contribution is -2.42. The summed E-state index contributed by atoms with van der Waals surface area (Å²) in [5, 5.41) is 10.1. The molecule has 0 aliphatic rings. The Labute approximate surface area is 97.9 Å². The third-order valence-electron chi connectivity index (χ3n) is 2.06. The van der Waals surface area contributed by atoms with Gasteiger partial charge in [-0.15, -0.1) is 0 Å². The molecule has 0 bridgehead atoms. The van der Waals surface area contributed by atoms with E-state index in [9.17, 15) is 14.7 Å². The highest BCUT2D eigenvalue weighted by Gasteiger charge is 2.43. The van der Waals surface area contributed by atoms with Gasteiger partial charge in [-0.25, -0.2) is 4.79 Å². The summed E-state index contributed by atoms with van der Waals surface area (Å²) >= 11 is 0. The summed E-state index contributed by atoms with van der Waals surface area (Å²) < 4.78 is 9.05. The average molecular weight is 239 g/mol. The maximum Gasteiger partial charge on any atom is 0.384 e. The maximum atomic E-state index is 11.5. The van der Waals surface area contributed by atoms with E-state index in [1.165, 1.54) is 12.1 Å². The van der Waals surface area contributed by atoms with Gasteiger partial charge in [-0.05, 0) is 0 Å². The molecule has 0 saturated carbocycles. The molecule has 0 spiro atoms. The molecule has 1 unspecified atom stereocenters. The number of aliphatic hydroxyl groups is 1. The second-order valence-corrected chi connectivity index (χ2v) is 3.18. The molecule has 6 heteroatoms. The SMILES string of the molecule is COC(=O)C(O)(OC(=O)CN)c1ccccc1. The molecular formula is C11H13NO5. The van der Waals surface area contributed by atoms with Crippen LogP contribution in [0.25, 0.3) is 0 Å². The summed E-state index contributed by atoms with van der Waals surface area (Å²) in [7, 11) is 1.08. The van der Waals surface area contributed by atoms with E-state index < -0.39 is 24.3 Å². The van der Waals surface area contributed by atoms with Gasteiger partial charge in [0.05, 0.1) is 13.7 Å². The van der Waals surface area contributed by atoms with E-state index in [1.54, 1.807) is 18.2 Å². The molecule has 0 aliphatic carbocycles. The predicted molar refractivity (Wildman–Crippen MR) is 57.5 cm³/mol. The molecule has 0 amide bonds. The van der Waals surface area contributed by atoms with Crippen LogP contribution in [-0.2, 0) is 24.8 Å². The first-order valence-electron chi connectivity index (χ1n) is 4.82. The van der Waals surface area contributed by atoms with Crippen molar-refractivity contribution in [3.05, 3.63) is 35.9 Å². The van der Waals surface area contributed by atoms with Crippen molar-refractivity contribution in [3.63, 3.8) is 0 Å². The zero-order chi connectivity index (χ0) is 12.9. The Hall–Kier alpha value is -1.92. The fourth-order valence-corrected chi connectivity index (χ4v) is 1.23. The summed E-state index contributed by atoms with van der Waals surface area (Å²) in [5.41, 5.74) is 5.15. The van der Waals surface area contributed by atoms with Crippen molar-refractivity contribution >= 4 is 11.9 Å². The molecule has 1 atom stereocenters. The van der Waals surface area contributed by atoms with Gasteiger partial charge < -0.3 is 20.3 Å². The molecular weight excluding hydrogens is 226 g/mol. The van der Waals surface area contributed by atoms with Crippen LogP contribution < -0.4 is 5.73 Å². The largest absolute Gasteiger partial charge is 0.464 e. The summed E-state index contributed by atoms with van der Waals surface area (Å²) in [5.74, 6) is -4.47. The van der Waals surface area contributed by atoms with Crippen LogP contribution in [0.3, 0.4) is 0 Å². The van der Waals surface area contributed by atoms with Gasteiger partial charge in [0, 0.05) is 5.56 Å². The van der Waals surface area contributed by atoms with Crippen molar-refractivity contribution in [1.82, 2.24) is 0 Å². The minimum Gasteiger partial charge on any atom is -0.464 e. The first kappa shape index (κ1) is 13.1. The van der Waals surface area contributed by atoms with Gasteiger partial charge in [-0.3, -0.25) is 4.79 Å². The molecule has 0 radical (unpaired) electrons. The van der Waals surface area contributed by atoms with Gasteiger partial charge in [-0.2, -0.15) is 0 Å². The number of rotatable bonds is 4. The molecule has 1 rings (SSSR count). The van der Waals surface area contributed by atoms with Gasteiger partial charge in [0.2, 0.25) is 0 Å². The van der Waals surface area contributed by atoms with Crippen LogP contribution in [0.5, 0.6) is 0 Å². The normalized spacial score (nSPS) is 13.6. The molecule has 3 N–H and O–H groups in total. The highest BCUT2D eigenvalue weighted by atomic mass is 16.7. The first-order valence-corrected chi connectivity index (χ1v) is 4.82. The Morgan fingerprint density at radius 1 is 1.35 bits per heavy atom. The van der Waals surface area contributed by atoms with Crippen LogP contribution >= 0.6 is 0 Å². The predicted octanol–water partition coefficient (Wildman–Crippen LogP) is -0.493. The number of esters is 2. The molecule has 0 aliphatic heterocycles. The van der Waals surface area contributed by atoms with Gasteiger partial charge >= 0.3 is 17.7 Å². The van der Waals surface area contributed by atoms with E-state index in [-0.39, 0.29) is 5.56 Å². The second kappa shape index (κ2) is 5.42. The molecule has 0 heterocycles. The third kappa shape index (κ3) is 2.80. The summed E-state index contributed by atoms with van der Waals surface area (Å²) in [6.45, 7) is -0.452. The number of hydrogen-bond donors (Lipinski definition) is 2. The molecule has 1 aromatic carbocycles. The lowest BCUT2D eigenvalue weighted by molar-refractivity contribution is -0.229. The van der Waals surface area contributed by atoms with Gasteiger partial charge in [-0.1, -0.05) is 30.3 Å². The Morgan fingerprint density at radius 3 is 2.41 bits per heavy atom. The number of carbonyl (C=O) groups excluding carboxylic acids is 2. The van der Waals surface area contributed by atoms with Crippen molar-refractivity contribution in [2.24, 2.45) is 5.73 Å². The van der Waals surface area contributed by atoms with Crippen molar-refractivity contribution in [1.29, 1.82) is 0 Å². The number of carbonyl (C=O) groups is 2. The molecule has 0 saturated heterocycles.